The van der Waals surface area contributed by atoms with Crippen LogP contribution in [-0.2, 0) is 17.8 Å². The van der Waals surface area contributed by atoms with Crippen molar-refractivity contribution in [2.45, 2.75) is 26.4 Å². The Kier molecular flexibility index (Phi) is 4.42. The number of aromatic amines is 1. The van der Waals surface area contributed by atoms with Gasteiger partial charge >= 0.3 is 0 Å². The van der Waals surface area contributed by atoms with E-state index < -0.39 is 0 Å². The van der Waals surface area contributed by atoms with Gasteiger partial charge in [-0.25, -0.2) is 4.98 Å². The molecule has 5 heteroatoms. The van der Waals surface area contributed by atoms with E-state index in [0.29, 0.717) is 19.8 Å². The van der Waals surface area contributed by atoms with Gasteiger partial charge in [0.05, 0.1) is 0 Å². The number of nitrogens with one attached hydrogen (secondary N) is 1. The molecule has 0 bridgehead atoms. The van der Waals surface area contributed by atoms with Crippen molar-refractivity contribution in [3.63, 3.8) is 0 Å². The van der Waals surface area contributed by atoms with Gasteiger partial charge < -0.3 is 10.5 Å². The standard InChI is InChI=1S/C8H16N4O/c1-2-13-6-8-10-7(11-12-8)4-3-5-9/h2-6,9H2,1H3,(H,10,11,12). The van der Waals surface area contributed by atoms with E-state index in [1.165, 1.54) is 0 Å². The van der Waals surface area contributed by atoms with Crippen LogP contribution in [0, 0.1) is 0 Å². The van der Waals surface area contributed by atoms with Gasteiger partial charge in [-0.2, -0.15) is 5.10 Å². The summed E-state index contributed by atoms with van der Waals surface area (Å²) >= 11 is 0. The van der Waals surface area contributed by atoms with E-state index in [1.807, 2.05) is 6.92 Å². The second-order valence-corrected chi connectivity index (χ2v) is 2.73. The zero-order valence-electron chi connectivity index (χ0n) is 7.92. The van der Waals surface area contributed by atoms with E-state index in [2.05, 4.69) is 15.2 Å². The molecule has 0 unspecified atom stereocenters. The Balaban J connectivity index is 2.34. The van der Waals surface area contributed by atoms with Gasteiger partial charge in [0, 0.05) is 13.0 Å². The van der Waals surface area contributed by atoms with Crippen molar-refractivity contribution in [2.24, 2.45) is 5.73 Å². The average Bonchev–Trinajstić information content (AvgIpc) is 2.59. The van der Waals surface area contributed by atoms with Crippen LogP contribution in [-0.4, -0.2) is 28.3 Å². The molecule has 0 saturated carbocycles. The van der Waals surface area contributed by atoms with Gasteiger partial charge in [0.15, 0.2) is 11.6 Å². The monoisotopic (exact) mass is 184 g/mol. The minimum Gasteiger partial charge on any atom is -0.374 e. The van der Waals surface area contributed by atoms with Gasteiger partial charge in [-0.05, 0) is 19.9 Å². The Hall–Kier alpha value is -0.940. The summed E-state index contributed by atoms with van der Waals surface area (Å²) in [7, 11) is 0. The number of hydrogen-bond donors (Lipinski definition) is 2. The summed E-state index contributed by atoms with van der Waals surface area (Å²) in [5, 5.41) is 6.86. The maximum Gasteiger partial charge on any atom is 0.150 e. The Morgan fingerprint density at radius 3 is 3.08 bits per heavy atom. The third-order valence-corrected chi connectivity index (χ3v) is 1.63. The van der Waals surface area contributed by atoms with Gasteiger partial charge in [0.1, 0.15) is 6.61 Å². The fraction of sp³-hybridized carbons (Fsp3) is 0.750. The topological polar surface area (TPSA) is 76.8 Å². The molecule has 5 nitrogen and oxygen atoms in total. The first-order chi connectivity index (χ1) is 6.36. The maximum absolute atomic E-state index is 5.37. The van der Waals surface area contributed by atoms with E-state index in [0.717, 1.165) is 24.5 Å². The summed E-state index contributed by atoms with van der Waals surface area (Å²) in [6, 6.07) is 0. The number of nitrogens with zero attached hydrogens (tertiary/aromatic N) is 2. The highest BCUT2D eigenvalue weighted by molar-refractivity contribution is 4.88. The largest absolute Gasteiger partial charge is 0.374 e. The molecule has 0 aliphatic heterocycles. The molecule has 0 atom stereocenters. The van der Waals surface area contributed by atoms with Crippen LogP contribution in [0.25, 0.3) is 0 Å². The van der Waals surface area contributed by atoms with Crippen LogP contribution in [0.5, 0.6) is 0 Å². The molecule has 3 N–H and O–H groups in total. The maximum atomic E-state index is 5.37. The number of hydrogen-bond acceptors (Lipinski definition) is 4. The molecule has 0 saturated heterocycles. The van der Waals surface area contributed by atoms with Crippen LogP contribution in [0.1, 0.15) is 25.0 Å². The molecule has 0 spiro atoms. The summed E-state index contributed by atoms with van der Waals surface area (Å²) in [5.41, 5.74) is 5.37. The molecule has 1 heterocycles. The summed E-state index contributed by atoms with van der Waals surface area (Å²) < 4.78 is 5.18. The average molecular weight is 184 g/mol. The molecule has 0 aliphatic rings. The van der Waals surface area contributed by atoms with Crippen molar-refractivity contribution in [1.29, 1.82) is 0 Å². The van der Waals surface area contributed by atoms with E-state index in [-0.39, 0.29) is 0 Å². The predicted molar refractivity (Wildman–Crippen MR) is 49.1 cm³/mol. The van der Waals surface area contributed by atoms with Crippen LogP contribution in [0.2, 0.25) is 0 Å². The van der Waals surface area contributed by atoms with Crippen LogP contribution < -0.4 is 5.73 Å². The Labute approximate surface area is 77.7 Å². The van der Waals surface area contributed by atoms with Gasteiger partial charge in [-0.15, -0.1) is 0 Å². The number of aryl methyl sites for hydroxylation is 1. The molecule has 0 aliphatic carbocycles. The van der Waals surface area contributed by atoms with E-state index in [1.54, 1.807) is 0 Å². The highest BCUT2D eigenvalue weighted by Gasteiger charge is 2.01. The quantitative estimate of drug-likeness (QED) is 0.663. The Morgan fingerprint density at radius 2 is 2.38 bits per heavy atom. The second-order valence-electron chi connectivity index (χ2n) is 2.73. The number of ether oxygens (including phenoxy) is 1. The third-order valence-electron chi connectivity index (χ3n) is 1.63. The normalized spacial score (nSPS) is 10.6. The number of H-pyrrole nitrogens is 1. The molecular weight excluding hydrogens is 168 g/mol. The molecule has 74 valence electrons. The minimum atomic E-state index is 0.506. The molecule has 0 amide bonds. The summed E-state index contributed by atoms with van der Waals surface area (Å²) in [6.07, 6.45) is 1.76. The summed E-state index contributed by atoms with van der Waals surface area (Å²) in [5.74, 6) is 1.61. The van der Waals surface area contributed by atoms with Crippen molar-refractivity contribution < 1.29 is 4.74 Å². The van der Waals surface area contributed by atoms with Gasteiger partial charge in [-0.3, -0.25) is 5.10 Å². The molecule has 1 aromatic rings. The second kappa shape index (κ2) is 5.66. The first-order valence-corrected chi connectivity index (χ1v) is 4.54. The first kappa shape index (κ1) is 10.1. The lowest BCUT2D eigenvalue weighted by Gasteiger charge is -1.94. The van der Waals surface area contributed by atoms with Gasteiger partial charge in [0.2, 0.25) is 0 Å². The van der Waals surface area contributed by atoms with Crippen molar-refractivity contribution in [1.82, 2.24) is 15.2 Å². The molecule has 0 fully saturated rings. The van der Waals surface area contributed by atoms with Crippen LogP contribution in [0.4, 0.5) is 0 Å². The first-order valence-electron chi connectivity index (χ1n) is 4.54. The summed E-state index contributed by atoms with van der Waals surface area (Å²) in [4.78, 5) is 4.24. The lowest BCUT2D eigenvalue weighted by atomic mass is 10.3. The van der Waals surface area contributed by atoms with E-state index in [9.17, 15) is 0 Å². The van der Waals surface area contributed by atoms with E-state index >= 15 is 0 Å². The molecule has 1 aromatic heterocycles. The number of aromatic nitrogens is 3. The number of rotatable bonds is 6. The van der Waals surface area contributed by atoms with Gasteiger partial charge in [-0.1, -0.05) is 0 Å². The highest BCUT2D eigenvalue weighted by Crippen LogP contribution is 1.97. The lowest BCUT2D eigenvalue weighted by molar-refractivity contribution is 0.128. The van der Waals surface area contributed by atoms with Crippen molar-refractivity contribution in [3.8, 4) is 0 Å². The van der Waals surface area contributed by atoms with Crippen LogP contribution in [0.15, 0.2) is 0 Å². The summed E-state index contributed by atoms with van der Waals surface area (Å²) in [6.45, 7) is 3.83. The number of nitrogens with two attached hydrogens (primary N) is 1. The zero-order chi connectivity index (χ0) is 9.52. The SMILES string of the molecule is CCOCc1nc(CCCN)n[nH]1. The predicted octanol–water partition coefficient (Wildman–Crippen LogP) is 0.232. The molecule has 13 heavy (non-hydrogen) atoms. The molecule has 1 rings (SSSR count). The van der Waals surface area contributed by atoms with Crippen molar-refractivity contribution in [3.05, 3.63) is 11.6 Å². The minimum absolute atomic E-state index is 0.506. The fourth-order valence-electron chi connectivity index (χ4n) is 0.970. The zero-order valence-corrected chi connectivity index (χ0v) is 7.92. The van der Waals surface area contributed by atoms with Crippen molar-refractivity contribution >= 4 is 0 Å². The van der Waals surface area contributed by atoms with Gasteiger partial charge in [0.25, 0.3) is 0 Å². The highest BCUT2D eigenvalue weighted by atomic mass is 16.5. The third kappa shape index (κ3) is 3.52. The van der Waals surface area contributed by atoms with Crippen molar-refractivity contribution in [2.75, 3.05) is 13.2 Å². The van der Waals surface area contributed by atoms with E-state index in [4.69, 9.17) is 10.5 Å². The Bertz CT molecular complexity index is 213. The fourth-order valence-corrected chi connectivity index (χ4v) is 0.970. The molecule has 0 radical (unpaired) electrons. The molecular formula is C8H16N4O. The smallest absolute Gasteiger partial charge is 0.150 e. The molecule has 0 aromatic carbocycles. The van der Waals surface area contributed by atoms with Crippen LogP contribution >= 0.6 is 0 Å². The van der Waals surface area contributed by atoms with Crippen LogP contribution in [0.3, 0.4) is 0 Å². The lowest BCUT2D eigenvalue weighted by Crippen LogP contribution is -2.01. The Morgan fingerprint density at radius 1 is 1.54 bits per heavy atom.